The molecule has 1 aromatic rings. The fourth-order valence-electron chi connectivity index (χ4n) is 1.38. The lowest BCUT2D eigenvalue weighted by molar-refractivity contribution is -0.137. The van der Waals surface area contributed by atoms with Crippen LogP contribution in [-0.4, -0.2) is 11.1 Å². The number of hydrogen-bond donors (Lipinski definition) is 1. The summed E-state index contributed by atoms with van der Waals surface area (Å²) in [4.78, 5) is 10.4. The molecule has 1 rings (SSSR count). The molecule has 1 unspecified atom stereocenters. The minimum atomic E-state index is -0.801. The van der Waals surface area contributed by atoms with Gasteiger partial charge in [-0.25, -0.2) is 0 Å². The molecule has 1 atom stereocenters. The highest BCUT2D eigenvalue weighted by atomic mass is 35.5. The van der Waals surface area contributed by atoms with E-state index >= 15 is 0 Å². The lowest BCUT2D eigenvalue weighted by atomic mass is 10.0. The molecule has 0 aliphatic rings. The van der Waals surface area contributed by atoms with Crippen molar-refractivity contribution < 1.29 is 9.90 Å². The van der Waals surface area contributed by atoms with Crippen molar-refractivity contribution in [1.29, 1.82) is 0 Å². The smallest absolute Gasteiger partial charge is 0.303 e. The summed E-state index contributed by atoms with van der Waals surface area (Å²) in [5, 5.41) is 8.34. The van der Waals surface area contributed by atoms with E-state index in [1.54, 1.807) is 0 Å². The van der Waals surface area contributed by atoms with Gasteiger partial charge >= 0.3 is 5.97 Å². The molecule has 0 spiro atoms. The van der Waals surface area contributed by atoms with Gasteiger partial charge in [-0.3, -0.25) is 4.79 Å². The highest BCUT2D eigenvalue weighted by molar-refractivity contribution is 6.20. The highest BCUT2D eigenvalue weighted by Gasteiger charge is 2.10. The number of carboxylic acid groups (broad SMARTS) is 1. The number of halogens is 1. The third-order valence-corrected chi connectivity index (χ3v) is 2.97. The molecule has 2 nitrogen and oxygen atoms in total. The molecule has 1 N–H and O–H groups in total. The zero-order chi connectivity index (χ0) is 11.4. The molecule has 0 aliphatic carbocycles. The van der Waals surface area contributed by atoms with Crippen molar-refractivity contribution in [3.8, 4) is 0 Å². The molecule has 0 heterocycles. The van der Waals surface area contributed by atoms with Crippen LogP contribution in [0.25, 0.3) is 0 Å². The Morgan fingerprint density at radius 2 is 2.07 bits per heavy atom. The highest BCUT2D eigenvalue weighted by Crippen LogP contribution is 2.26. The Bertz CT molecular complexity index is 361. The fraction of sp³-hybridized carbons (Fsp3) is 0.417. The summed E-state index contributed by atoms with van der Waals surface area (Å²) in [6.45, 7) is 4.07. The third kappa shape index (κ3) is 3.56. The average molecular weight is 227 g/mol. The summed E-state index contributed by atoms with van der Waals surface area (Å²) in [7, 11) is 0. The first-order chi connectivity index (χ1) is 7.00. The maximum absolute atomic E-state index is 10.4. The van der Waals surface area contributed by atoms with Crippen molar-refractivity contribution in [1.82, 2.24) is 0 Å². The zero-order valence-electron chi connectivity index (χ0n) is 8.96. The number of alkyl halides is 1. The first-order valence-corrected chi connectivity index (χ1v) is 5.37. The normalized spacial score (nSPS) is 12.5. The van der Waals surface area contributed by atoms with Gasteiger partial charge in [-0.15, -0.1) is 11.6 Å². The number of hydrogen-bond acceptors (Lipinski definition) is 1. The molecule has 0 amide bonds. The number of aryl methyl sites for hydroxylation is 2. The molecule has 0 bridgehead atoms. The predicted molar refractivity (Wildman–Crippen MR) is 61.4 cm³/mol. The topological polar surface area (TPSA) is 37.3 Å². The molecule has 1 aromatic carbocycles. The Morgan fingerprint density at radius 1 is 1.40 bits per heavy atom. The minimum absolute atomic E-state index is 0.112. The van der Waals surface area contributed by atoms with Crippen LogP contribution in [0.2, 0.25) is 0 Å². The van der Waals surface area contributed by atoms with Gasteiger partial charge in [0.1, 0.15) is 0 Å². The van der Waals surface area contributed by atoms with Gasteiger partial charge < -0.3 is 5.11 Å². The lowest BCUT2D eigenvalue weighted by Crippen LogP contribution is -1.99. The van der Waals surface area contributed by atoms with Gasteiger partial charge in [-0.1, -0.05) is 18.2 Å². The molecule has 0 radical (unpaired) electrons. The van der Waals surface area contributed by atoms with Gasteiger partial charge in [-0.2, -0.15) is 0 Å². The van der Waals surface area contributed by atoms with Crippen molar-refractivity contribution in [3.63, 3.8) is 0 Å². The Balaban J connectivity index is 2.69. The summed E-state index contributed by atoms with van der Waals surface area (Å²) in [5.74, 6) is -0.801. The van der Waals surface area contributed by atoms with Gasteiger partial charge in [0.25, 0.3) is 0 Å². The SMILES string of the molecule is Cc1ccc(C(Cl)CCC(=O)O)cc1C. The largest absolute Gasteiger partial charge is 0.481 e. The van der Waals surface area contributed by atoms with Crippen LogP contribution < -0.4 is 0 Å². The van der Waals surface area contributed by atoms with E-state index in [1.165, 1.54) is 11.1 Å². The number of aliphatic carboxylic acids is 1. The Hall–Kier alpha value is -1.02. The van der Waals surface area contributed by atoms with Crippen molar-refractivity contribution in [2.75, 3.05) is 0 Å². The summed E-state index contributed by atoms with van der Waals surface area (Å²) in [6, 6.07) is 6.00. The number of rotatable bonds is 4. The average Bonchev–Trinajstić information content (AvgIpc) is 2.18. The summed E-state index contributed by atoms with van der Waals surface area (Å²) in [6.07, 6.45) is 0.584. The van der Waals surface area contributed by atoms with Gasteiger partial charge in [0, 0.05) is 6.42 Å². The van der Waals surface area contributed by atoms with E-state index in [4.69, 9.17) is 16.7 Å². The van der Waals surface area contributed by atoms with Crippen LogP contribution >= 0.6 is 11.6 Å². The van der Waals surface area contributed by atoms with Crippen molar-refractivity contribution >= 4 is 17.6 Å². The van der Waals surface area contributed by atoms with E-state index in [0.717, 1.165) is 5.56 Å². The third-order valence-electron chi connectivity index (χ3n) is 2.50. The van der Waals surface area contributed by atoms with Crippen LogP contribution in [0.1, 0.15) is 34.9 Å². The first kappa shape index (κ1) is 12.1. The number of carboxylic acids is 1. The molecular weight excluding hydrogens is 212 g/mol. The van der Waals surface area contributed by atoms with E-state index < -0.39 is 5.97 Å². The summed E-state index contributed by atoms with van der Waals surface area (Å²) in [5.41, 5.74) is 3.41. The van der Waals surface area contributed by atoms with Crippen LogP contribution in [0.5, 0.6) is 0 Å². The Labute approximate surface area is 94.9 Å². The molecular formula is C12H15ClO2. The van der Waals surface area contributed by atoms with Gasteiger partial charge in [-0.05, 0) is 37.0 Å². The van der Waals surface area contributed by atoms with E-state index in [1.807, 2.05) is 32.0 Å². The lowest BCUT2D eigenvalue weighted by Gasteiger charge is -2.10. The van der Waals surface area contributed by atoms with Crippen molar-refractivity contribution in [2.24, 2.45) is 0 Å². The van der Waals surface area contributed by atoms with E-state index in [-0.39, 0.29) is 11.8 Å². The second kappa shape index (κ2) is 5.17. The first-order valence-electron chi connectivity index (χ1n) is 4.93. The quantitative estimate of drug-likeness (QED) is 0.799. The van der Waals surface area contributed by atoms with Crippen molar-refractivity contribution in [3.05, 3.63) is 34.9 Å². The zero-order valence-corrected chi connectivity index (χ0v) is 9.71. The second-order valence-corrected chi connectivity index (χ2v) is 4.27. The second-order valence-electron chi connectivity index (χ2n) is 3.74. The standard InChI is InChI=1S/C12H15ClO2/c1-8-3-4-10(7-9(8)2)11(13)5-6-12(14)15/h3-4,7,11H,5-6H2,1-2H3,(H,14,15). The van der Waals surface area contributed by atoms with Crippen LogP contribution in [-0.2, 0) is 4.79 Å². The molecule has 82 valence electrons. The molecule has 0 saturated carbocycles. The molecule has 0 fully saturated rings. The monoisotopic (exact) mass is 226 g/mol. The summed E-state index contributed by atoms with van der Waals surface area (Å²) < 4.78 is 0. The van der Waals surface area contributed by atoms with Gasteiger partial charge in [0.05, 0.1) is 5.38 Å². The van der Waals surface area contributed by atoms with E-state index in [2.05, 4.69) is 0 Å². The van der Waals surface area contributed by atoms with E-state index in [9.17, 15) is 4.79 Å². The maximum atomic E-state index is 10.4. The van der Waals surface area contributed by atoms with Crippen LogP contribution in [0.15, 0.2) is 18.2 Å². The molecule has 0 saturated heterocycles. The van der Waals surface area contributed by atoms with Crippen LogP contribution in [0, 0.1) is 13.8 Å². The van der Waals surface area contributed by atoms with Gasteiger partial charge in [0.15, 0.2) is 0 Å². The number of benzene rings is 1. The molecule has 15 heavy (non-hydrogen) atoms. The van der Waals surface area contributed by atoms with Crippen LogP contribution in [0.4, 0.5) is 0 Å². The molecule has 3 heteroatoms. The van der Waals surface area contributed by atoms with Crippen molar-refractivity contribution in [2.45, 2.75) is 32.1 Å². The Morgan fingerprint density at radius 3 is 2.60 bits per heavy atom. The minimum Gasteiger partial charge on any atom is -0.481 e. The van der Waals surface area contributed by atoms with E-state index in [0.29, 0.717) is 6.42 Å². The van der Waals surface area contributed by atoms with Crippen LogP contribution in [0.3, 0.4) is 0 Å². The molecule has 0 aliphatic heterocycles. The molecule has 0 aromatic heterocycles. The summed E-state index contributed by atoms with van der Waals surface area (Å²) >= 11 is 6.11. The number of carbonyl (C=O) groups is 1. The Kier molecular flexibility index (Phi) is 4.15. The fourth-order valence-corrected chi connectivity index (χ4v) is 1.62. The maximum Gasteiger partial charge on any atom is 0.303 e. The predicted octanol–water partition coefficient (Wildman–Crippen LogP) is 3.45. The van der Waals surface area contributed by atoms with Gasteiger partial charge in [0.2, 0.25) is 0 Å².